The summed E-state index contributed by atoms with van der Waals surface area (Å²) in [5.74, 6) is -0.732. The van der Waals surface area contributed by atoms with E-state index in [1.54, 1.807) is 72.8 Å². The van der Waals surface area contributed by atoms with Gasteiger partial charge in [0.25, 0.3) is 0 Å². The summed E-state index contributed by atoms with van der Waals surface area (Å²) >= 11 is 0. The second-order valence-corrected chi connectivity index (χ2v) is 11.3. The van der Waals surface area contributed by atoms with Gasteiger partial charge in [-0.15, -0.1) is 0 Å². The van der Waals surface area contributed by atoms with E-state index in [0.29, 0.717) is 40.5 Å². The van der Waals surface area contributed by atoms with Crippen molar-refractivity contribution in [1.29, 1.82) is 0 Å². The summed E-state index contributed by atoms with van der Waals surface area (Å²) < 4.78 is 11.3. The number of benzene rings is 4. The standard InChI is InChI=1S/C38H42N2O7/c1-2-3-4-5-9-24-46-33-22-16-31(17-23-33)38(45)47-34-20-12-29(13-21-34)26-40(27-36(42)43)37(44)30-14-18-32(19-15-30)39-35(41)25-28-10-7-6-8-11-28/h6-8,10-23,37,44H,2-5,9,24-27H2,1H3,(H,39,41)(H,42,43). The average Bonchev–Trinajstić information content (AvgIpc) is 3.07. The molecule has 1 amide bonds. The number of rotatable bonds is 18. The lowest BCUT2D eigenvalue weighted by molar-refractivity contribution is -0.142. The summed E-state index contributed by atoms with van der Waals surface area (Å²) in [5.41, 5.74) is 3.04. The second kappa shape index (κ2) is 18.2. The zero-order chi connectivity index (χ0) is 33.4. The molecule has 0 saturated heterocycles. The Kier molecular flexibility index (Phi) is 13.5. The summed E-state index contributed by atoms with van der Waals surface area (Å²) in [7, 11) is 0. The normalized spacial score (nSPS) is 11.6. The van der Waals surface area contributed by atoms with Crippen LogP contribution in [-0.4, -0.2) is 46.1 Å². The number of carbonyl (C=O) groups excluding carboxylic acids is 2. The maximum Gasteiger partial charge on any atom is 0.343 e. The molecule has 0 saturated carbocycles. The predicted molar refractivity (Wildman–Crippen MR) is 180 cm³/mol. The Balaban J connectivity index is 1.29. The number of carboxylic acid groups (broad SMARTS) is 1. The molecule has 0 bridgehead atoms. The lowest BCUT2D eigenvalue weighted by Crippen LogP contribution is -2.33. The van der Waals surface area contributed by atoms with E-state index in [0.717, 1.165) is 18.4 Å². The van der Waals surface area contributed by atoms with E-state index in [1.165, 1.54) is 24.2 Å². The topological polar surface area (TPSA) is 125 Å². The highest BCUT2D eigenvalue weighted by Crippen LogP contribution is 2.24. The maximum absolute atomic E-state index is 12.7. The molecule has 0 spiro atoms. The van der Waals surface area contributed by atoms with Gasteiger partial charge in [-0.1, -0.05) is 87.2 Å². The number of carboxylic acids is 1. The SMILES string of the molecule is CCCCCCCOc1ccc(C(=O)Oc2ccc(CN(CC(=O)O)C(O)c3ccc(NC(=O)Cc4ccccc4)cc3)cc2)cc1. The van der Waals surface area contributed by atoms with Crippen molar-refractivity contribution >= 4 is 23.5 Å². The van der Waals surface area contributed by atoms with Gasteiger partial charge >= 0.3 is 11.9 Å². The number of hydrogen-bond acceptors (Lipinski definition) is 7. The minimum absolute atomic E-state index is 0.122. The van der Waals surface area contributed by atoms with E-state index in [1.807, 2.05) is 30.3 Å². The molecular weight excluding hydrogens is 596 g/mol. The van der Waals surface area contributed by atoms with E-state index < -0.39 is 24.7 Å². The first kappa shape index (κ1) is 34.9. The fourth-order valence-electron chi connectivity index (χ4n) is 4.98. The Morgan fingerprint density at radius 3 is 2.09 bits per heavy atom. The zero-order valence-corrected chi connectivity index (χ0v) is 26.6. The van der Waals surface area contributed by atoms with Crippen molar-refractivity contribution in [1.82, 2.24) is 4.90 Å². The van der Waals surface area contributed by atoms with Gasteiger partial charge in [0.2, 0.25) is 5.91 Å². The van der Waals surface area contributed by atoms with E-state index in [-0.39, 0.29) is 18.9 Å². The van der Waals surface area contributed by atoms with Crippen LogP contribution in [-0.2, 0) is 22.6 Å². The first-order chi connectivity index (χ1) is 22.8. The monoisotopic (exact) mass is 638 g/mol. The van der Waals surface area contributed by atoms with Crippen molar-refractivity contribution in [3.05, 3.63) is 125 Å². The lowest BCUT2D eigenvalue weighted by atomic mass is 10.1. The molecule has 1 atom stereocenters. The van der Waals surface area contributed by atoms with Gasteiger partial charge in [0.1, 0.15) is 17.7 Å². The molecule has 0 aliphatic carbocycles. The summed E-state index contributed by atoms with van der Waals surface area (Å²) in [4.78, 5) is 38.1. The molecule has 9 heteroatoms. The Labute approximate surface area is 275 Å². The fraction of sp³-hybridized carbons (Fsp3) is 0.289. The first-order valence-corrected chi connectivity index (χ1v) is 15.9. The molecule has 1 unspecified atom stereocenters. The predicted octanol–water partition coefficient (Wildman–Crippen LogP) is 7.01. The smallest absolute Gasteiger partial charge is 0.343 e. The maximum atomic E-state index is 12.7. The molecule has 0 aromatic heterocycles. The minimum Gasteiger partial charge on any atom is -0.494 e. The number of aliphatic hydroxyl groups excluding tert-OH is 1. The van der Waals surface area contributed by atoms with Crippen LogP contribution >= 0.6 is 0 Å². The quantitative estimate of drug-likeness (QED) is 0.0460. The van der Waals surface area contributed by atoms with Gasteiger partial charge in [-0.3, -0.25) is 14.5 Å². The van der Waals surface area contributed by atoms with Crippen molar-refractivity contribution < 1.29 is 34.1 Å². The summed E-state index contributed by atoms with van der Waals surface area (Å²) in [6, 6.07) is 29.5. The van der Waals surface area contributed by atoms with Gasteiger partial charge in [-0.05, 0) is 71.6 Å². The molecular formula is C38H42N2O7. The third kappa shape index (κ3) is 11.7. The third-order valence-corrected chi connectivity index (χ3v) is 7.51. The average molecular weight is 639 g/mol. The molecule has 0 heterocycles. The van der Waals surface area contributed by atoms with Gasteiger partial charge < -0.3 is 25.0 Å². The molecule has 3 N–H and O–H groups in total. The van der Waals surface area contributed by atoms with Crippen LogP contribution in [0.3, 0.4) is 0 Å². The zero-order valence-electron chi connectivity index (χ0n) is 26.6. The highest BCUT2D eigenvalue weighted by molar-refractivity contribution is 5.92. The van der Waals surface area contributed by atoms with Crippen molar-refractivity contribution in [2.24, 2.45) is 0 Å². The first-order valence-electron chi connectivity index (χ1n) is 15.9. The Hall–Kier alpha value is -4.99. The highest BCUT2D eigenvalue weighted by atomic mass is 16.5. The second-order valence-electron chi connectivity index (χ2n) is 11.3. The van der Waals surface area contributed by atoms with Crippen LogP contribution in [0.1, 0.15) is 72.3 Å². The largest absolute Gasteiger partial charge is 0.494 e. The molecule has 0 aliphatic rings. The number of hydrogen-bond donors (Lipinski definition) is 3. The minimum atomic E-state index is -1.22. The van der Waals surface area contributed by atoms with Crippen molar-refractivity contribution in [3.8, 4) is 11.5 Å². The van der Waals surface area contributed by atoms with Crippen LogP contribution in [0, 0.1) is 0 Å². The van der Waals surface area contributed by atoms with Crippen molar-refractivity contribution in [2.45, 2.75) is 58.2 Å². The van der Waals surface area contributed by atoms with Crippen LogP contribution in [0.5, 0.6) is 11.5 Å². The van der Waals surface area contributed by atoms with Crippen LogP contribution < -0.4 is 14.8 Å². The van der Waals surface area contributed by atoms with Gasteiger partial charge in [0, 0.05) is 12.2 Å². The lowest BCUT2D eigenvalue weighted by Gasteiger charge is -2.27. The number of nitrogens with one attached hydrogen (secondary N) is 1. The fourth-order valence-corrected chi connectivity index (χ4v) is 4.98. The molecule has 9 nitrogen and oxygen atoms in total. The molecule has 0 aliphatic heterocycles. The molecule has 0 radical (unpaired) electrons. The Morgan fingerprint density at radius 2 is 1.43 bits per heavy atom. The molecule has 47 heavy (non-hydrogen) atoms. The van der Waals surface area contributed by atoms with E-state index in [9.17, 15) is 24.6 Å². The number of amides is 1. The number of anilines is 1. The summed E-state index contributed by atoms with van der Waals surface area (Å²) in [6.45, 7) is 2.54. The van der Waals surface area contributed by atoms with Crippen molar-refractivity contribution in [2.75, 3.05) is 18.5 Å². The molecule has 4 aromatic rings. The van der Waals surface area contributed by atoms with E-state index in [4.69, 9.17) is 9.47 Å². The van der Waals surface area contributed by atoms with Gasteiger partial charge in [0.05, 0.1) is 25.1 Å². The third-order valence-electron chi connectivity index (χ3n) is 7.51. The number of esters is 1. The van der Waals surface area contributed by atoms with Crippen LogP contribution in [0.25, 0.3) is 0 Å². The summed E-state index contributed by atoms with van der Waals surface area (Å²) in [6.07, 6.45) is 4.80. The number of unbranched alkanes of at least 4 members (excludes halogenated alkanes) is 4. The Morgan fingerprint density at radius 1 is 0.766 bits per heavy atom. The van der Waals surface area contributed by atoms with Gasteiger partial charge in [-0.25, -0.2) is 4.79 Å². The number of carbonyl (C=O) groups is 3. The summed E-state index contributed by atoms with van der Waals surface area (Å²) in [5, 5.41) is 23.4. The molecule has 4 rings (SSSR count). The molecule has 4 aromatic carbocycles. The van der Waals surface area contributed by atoms with Crippen LogP contribution in [0.15, 0.2) is 103 Å². The van der Waals surface area contributed by atoms with E-state index in [2.05, 4.69) is 12.2 Å². The number of ether oxygens (including phenoxy) is 2. The molecule has 246 valence electrons. The van der Waals surface area contributed by atoms with Crippen LogP contribution in [0.4, 0.5) is 5.69 Å². The molecule has 0 fully saturated rings. The van der Waals surface area contributed by atoms with Crippen LogP contribution in [0.2, 0.25) is 0 Å². The Bertz CT molecular complexity index is 1560. The van der Waals surface area contributed by atoms with E-state index >= 15 is 0 Å². The highest BCUT2D eigenvalue weighted by Gasteiger charge is 2.21. The van der Waals surface area contributed by atoms with Gasteiger partial charge in [0.15, 0.2) is 0 Å². The number of aliphatic hydroxyl groups is 1. The van der Waals surface area contributed by atoms with Gasteiger partial charge in [-0.2, -0.15) is 0 Å². The number of aliphatic carboxylic acids is 1. The number of nitrogens with zero attached hydrogens (tertiary/aromatic N) is 1. The van der Waals surface area contributed by atoms with Crippen molar-refractivity contribution in [3.63, 3.8) is 0 Å².